The van der Waals surface area contributed by atoms with Gasteiger partial charge in [-0.3, -0.25) is 4.79 Å². The number of benzene rings is 1. The second-order valence-electron chi connectivity index (χ2n) is 5.84. The van der Waals surface area contributed by atoms with Crippen LogP contribution in [-0.2, 0) is 0 Å². The maximum absolute atomic E-state index is 12.4. The van der Waals surface area contributed by atoms with Gasteiger partial charge in [0.2, 0.25) is 0 Å². The molecule has 0 radical (unpaired) electrons. The Kier molecular flexibility index (Phi) is 8.74. The summed E-state index contributed by atoms with van der Waals surface area (Å²) >= 11 is 0. The Hall–Kier alpha value is -1.52. The van der Waals surface area contributed by atoms with Crippen LogP contribution in [-0.4, -0.2) is 25.1 Å². The molecule has 0 aromatic heterocycles. The van der Waals surface area contributed by atoms with Crippen LogP contribution in [0.2, 0.25) is 0 Å². The fourth-order valence-corrected chi connectivity index (χ4v) is 3.02. The summed E-state index contributed by atoms with van der Waals surface area (Å²) in [5.74, 6) is 1.19. The standard InChI is InChI=1S/C18H26N2O2.ClH/c1-2-12-22-16-10-8-15(9-11-16)18(21)20-17(13-19)14-6-4-3-5-7-14;/h2,8-11,14,17H,1,3-7,12-13,19H2,(H,20,21);1H. The van der Waals surface area contributed by atoms with Gasteiger partial charge in [0.1, 0.15) is 12.4 Å². The molecular formula is C18H27ClN2O2. The summed E-state index contributed by atoms with van der Waals surface area (Å²) in [7, 11) is 0. The van der Waals surface area contributed by atoms with Gasteiger partial charge in [-0.25, -0.2) is 0 Å². The first-order chi connectivity index (χ1) is 10.7. The Bertz CT molecular complexity index is 484. The van der Waals surface area contributed by atoms with Gasteiger partial charge in [-0.1, -0.05) is 31.9 Å². The Morgan fingerprint density at radius 3 is 2.52 bits per heavy atom. The molecule has 0 saturated heterocycles. The zero-order valence-corrected chi connectivity index (χ0v) is 14.3. The lowest BCUT2D eigenvalue weighted by molar-refractivity contribution is 0.0915. The molecule has 0 heterocycles. The first kappa shape index (κ1) is 19.5. The van der Waals surface area contributed by atoms with Crippen LogP contribution in [0.25, 0.3) is 0 Å². The molecule has 1 aliphatic rings. The summed E-state index contributed by atoms with van der Waals surface area (Å²) in [5.41, 5.74) is 6.50. The maximum Gasteiger partial charge on any atom is 0.251 e. The van der Waals surface area contributed by atoms with E-state index in [1.165, 1.54) is 19.3 Å². The number of nitrogens with two attached hydrogens (primary N) is 1. The molecule has 1 aliphatic carbocycles. The summed E-state index contributed by atoms with van der Waals surface area (Å²) < 4.78 is 5.42. The molecule has 1 saturated carbocycles. The van der Waals surface area contributed by atoms with E-state index in [0.29, 0.717) is 24.6 Å². The fraction of sp³-hybridized carbons (Fsp3) is 0.500. The topological polar surface area (TPSA) is 64.3 Å². The molecule has 1 aromatic carbocycles. The van der Waals surface area contributed by atoms with Crippen LogP contribution in [0.4, 0.5) is 0 Å². The molecule has 1 amide bonds. The maximum atomic E-state index is 12.4. The van der Waals surface area contributed by atoms with E-state index in [1.54, 1.807) is 30.3 Å². The van der Waals surface area contributed by atoms with E-state index < -0.39 is 0 Å². The Labute approximate surface area is 144 Å². The van der Waals surface area contributed by atoms with E-state index in [9.17, 15) is 4.79 Å². The molecule has 0 bridgehead atoms. The van der Waals surface area contributed by atoms with Crippen LogP contribution in [0, 0.1) is 5.92 Å². The molecule has 3 N–H and O–H groups in total. The lowest BCUT2D eigenvalue weighted by Gasteiger charge is -2.30. The van der Waals surface area contributed by atoms with Gasteiger partial charge in [0.15, 0.2) is 0 Å². The number of hydrogen-bond acceptors (Lipinski definition) is 3. The van der Waals surface area contributed by atoms with E-state index in [0.717, 1.165) is 18.6 Å². The number of hydrogen-bond donors (Lipinski definition) is 2. The molecule has 1 unspecified atom stereocenters. The molecule has 4 nitrogen and oxygen atoms in total. The molecule has 1 fully saturated rings. The Morgan fingerprint density at radius 2 is 1.96 bits per heavy atom. The van der Waals surface area contributed by atoms with Crippen LogP contribution in [0.5, 0.6) is 5.75 Å². The summed E-state index contributed by atoms with van der Waals surface area (Å²) in [6.45, 7) is 4.56. The van der Waals surface area contributed by atoms with Crippen molar-refractivity contribution in [2.75, 3.05) is 13.2 Å². The highest BCUT2D eigenvalue weighted by molar-refractivity contribution is 5.94. The monoisotopic (exact) mass is 338 g/mol. The van der Waals surface area contributed by atoms with E-state index in [4.69, 9.17) is 10.5 Å². The van der Waals surface area contributed by atoms with Gasteiger partial charge in [-0.05, 0) is 43.0 Å². The van der Waals surface area contributed by atoms with Gasteiger partial charge in [0, 0.05) is 18.2 Å². The smallest absolute Gasteiger partial charge is 0.251 e. The number of halogens is 1. The number of nitrogens with one attached hydrogen (secondary N) is 1. The first-order valence-electron chi connectivity index (χ1n) is 8.09. The third-order valence-corrected chi connectivity index (χ3v) is 4.27. The number of carbonyl (C=O) groups excluding carboxylic acids is 1. The largest absolute Gasteiger partial charge is 0.490 e. The minimum Gasteiger partial charge on any atom is -0.490 e. The van der Waals surface area contributed by atoms with Crippen molar-refractivity contribution in [3.05, 3.63) is 42.5 Å². The molecule has 1 aromatic rings. The van der Waals surface area contributed by atoms with Gasteiger partial charge in [0.05, 0.1) is 0 Å². The average Bonchev–Trinajstić information content (AvgIpc) is 2.58. The van der Waals surface area contributed by atoms with Crippen molar-refractivity contribution in [2.24, 2.45) is 11.7 Å². The van der Waals surface area contributed by atoms with Crippen molar-refractivity contribution in [3.63, 3.8) is 0 Å². The second kappa shape index (κ2) is 10.3. The highest BCUT2D eigenvalue weighted by atomic mass is 35.5. The van der Waals surface area contributed by atoms with Crippen LogP contribution >= 0.6 is 12.4 Å². The Balaban J connectivity index is 0.00000264. The zero-order valence-electron chi connectivity index (χ0n) is 13.5. The van der Waals surface area contributed by atoms with E-state index >= 15 is 0 Å². The minimum absolute atomic E-state index is 0. The zero-order chi connectivity index (χ0) is 15.8. The number of carbonyl (C=O) groups is 1. The molecule has 0 aliphatic heterocycles. The van der Waals surface area contributed by atoms with Gasteiger partial charge in [-0.2, -0.15) is 0 Å². The third-order valence-electron chi connectivity index (χ3n) is 4.27. The van der Waals surface area contributed by atoms with Crippen molar-refractivity contribution < 1.29 is 9.53 Å². The lowest BCUT2D eigenvalue weighted by atomic mass is 9.84. The number of amides is 1. The van der Waals surface area contributed by atoms with Crippen molar-refractivity contribution in [2.45, 2.75) is 38.1 Å². The van der Waals surface area contributed by atoms with Crippen molar-refractivity contribution in [1.82, 2.24) is 5.32 Å². The SMILES string of the molecule is C=CCOc1ccc(C(=O)NC(CN)C2CCCCC2)cc1.Cl. The van der Waals surface area contributed by atoms with Crippen LogP contribution in [0.15, 0.2) is 36.9 Å². The van der Waals surface area contributed by atoms with Crippen molar-refractivity contribution >= 4 is 18.3 Å². The van der Waals surface area contributed by atoms with Gasteiger partial charge in [-0.15, -0.1) is 12.4 Å². The fourth-order valence-electron chi connectivity index (χ4n) is 3.02. The van der Waals surface area contributed by atoms with E-state index in [2.05, 4.69) is 11.9 Å². The van der Waals surface area contributed by atoms with Crippen LogP contribution in [0.3, 0.4) is 0 Å². The summed E-state index contributed by atoms with van der Waals surface area (Å²) in [6, 6.07) is 7.24. The normalized spacial score (nSPS) is 16.0. The molecular weight excluding hydrogens is 312 g/mol. The van der Waals surface area contributed by atoms with Crippen molar-refractivity contribution in [1.29, 1.82) is 0 Å². The summed E-state index contributed by atoms with van der Waals surface area (Å²) in [4.78, 5) is 12.4. The second-order valence-corrected chi connectivity index (χ2v) is 5.84. The average molecular weight is 339 g/mol. The van der Waals surface area contributed by atoms with E-state index in [1.807, 2.05) is 0 Å². The van der Waals surface area contributed by atoms with Gasteiger partial charge >= 0.3 is 0 Å². The number of ether oxygens (including phenoxy) is 1. The minimum atomic E-state index is -0.0590. The predicted octanol–water partition coefficient (Wildman–Crippen LogP) is 3.31. The van der Waals surface area contributed by atoms with Crippen LogP contribution in [0.1, 0.15) is 42.5 Å². The van der Waals surface area contributed by atoms with Gasteiger partial charge in [0.25, 0.3) is 5.91 Å². The van der Waals surface area contributed by atoms with Crippen LogP contribution < -0.4 is 15.8 Å². The lowest BCUT2D eigenvalue weighted by Crippen LogP contribution is -2.45. The molecule has 2 rings (SSSR count). The quantitative estimate of drug-likeness (QED) is 0.750. The molecule has 128 valence electrons. The molecule has 5 heteroatoms. The Morgan fingerprint density at radius 1 is 1.30 bits per heavy atom. The predicted molar refractivity (Wildman–Crippen MR) is 96.3 cm³/mol. The highest BCUT2D eigenvalue weighted by Gasteiger charge is 2.24. The highest BCUT2D eigenvalue weighted by Crippen LogP contribution is 2.26. The van der Waals surface area contributed by atoms with Crippen molar-refractivity contribution in [3.8, 4) is 5.75 Å². The number of rotatable bonds is 7. The third kappa shape index (κ3) is 5.88. The van der Waals surface area contributed by atoms with Gasteiger partial charge < -0.3 is 15.8 Å². The molecule has 0 spiro atoms. The summed E-state index contributed by atoms with van der Waals surface area (Å²) in [5, 5.41) is 3.09. The van der Waals surface area contributed by atoms with E-state index in [-0.39, 0.29) is 24.4 Å². The first-order valence-corrected chi connectivity index (χ1v) is 8.09. The molecule has 23 heavy (non-hydrogen) atoms. The molecule has 1 atom stereocenters. The summed E-state index contributed by atoms with van der Waals surface area (Å²) in [6.07, 6.45) is 7.80.